The number of ether oxygens (including phenoxy) is 1. The van der Waals surface area contributed by atoms with Crippen molar-refractivity contribution in [3.8, 4) is 5.75 Å². The quantitative estimate of drug-likeness (QED) is 0.829. The summed E-state index contributed by atoms with van der Waals surface area (Å²) in [7, 11) is 0. The molecular weight excluding hydrogens is 250 g/mol. The van der Waals surface area contributed by atoms with Gasteiger partial charge in [0.05, 0.1) is 12.4 Å². The van der Waals surface area contributed by atoms with Crippen LogP contribution in [0.3, 0.4) is 0 Å². The molecular formula is C17H23NO2. The predicted octanol–water partition coefficient (Wildman–Crippen LogP) is 3.96. The lowest BCUT2D eigenvalue weighted by Gasteiger charge is -2.19. The molecule has 0 fully saturated rings. The van der Waals surface area contributed by atoms with E-state index in [9.17, 15) is 0 Å². The predicted molar refractivity (Wildman–Crippen MR) is 81.0 cm³/mol. The minimum Gasteiger partial charge on any atom is -0.491 e. The zero-order chi connectivity index (χ0) is 14.4. The van der Waals surface area contributed by atoms with Gasteiger partial charge < -0.3 is 14.5 Å². The summed E-state index contributed by atoms with van der Waals surface area (Å²) in [5.41, 5.74) is 1.22. The molecule has 1 atom stereocenters. The normalized spacial score (nSPS) is 12.6. The Morgan fingerprint density at radius 3 is 2.70 bits per heavy atom. The van der Waals surface area contributed by atoms with Crippen LogP contribution >= 0.6 is 0 Å². The average Bonchev–Trinajstić information content (AvgIpc) is 2.91. The first-order valence-corrected chi connectivity index (χ1v) is 7.21. The lowest BCUT2D eigenvalue weighted by molar-refractivity contribution is 0.242. The van der Waals surface area contributed by atoms with Crippen molar-refractivity contribution in [3.63, 3.8) is 0 Å². The molecule has 108 valence electrons. The molecule has 1 aromatic heterocycles. The Bertz CT molecular complexity index is 505. The van der Waals surface area contributed by atoms with Crippen molar-refractivity contribution in [2.45, 2.75) is 39.3 Å². The van der Waals surface area contributed by atoms with Crippen LogP contribution in [0.5, 0.6) is 5.75 Å². The lowest BCUT2D eigenvalue weighted by atomic mass is 10.0. The second-order valence-electron chi connectivity index (χ2n) is 5.13. The largest absolute Gasteiger partial charge is 0.491 e. The van der Waals surface area contributed by atoms with E-state index in [1.165, 1.54) is 5.56 Å². The Kier molecular flexibility index (Phi) is 5.24. The van der Waals surface area contributed by atoms with Gasteiger partial charge in [0.2, 0.25) is 0 Å². The molecule has 0 aliphatic rings. The molecule has 0 aliphatic carbocycles. The first-order valence-electron chi connectivity index (χ1n) is 7.21. The van der Waals surface area contributed by atoms with Gasteiger partial charge in [-0.2, -0.15) is 0 Å². The van der Waals surface area contributed by atoms with E-state index in [4.69, 9.17) is 9.15 Å². The highest BCUT2D eigenvalue weighted by Gasteiger charge is 2.13. The molecule has 0 aliphatic heterocycles. The van der Waals surface area contributed by atoms with E-state index in [1.54, 1.807) is 6.26 Å². The summed E-state index contributed by atoms with van der Waals surface area (Å²) in [6.45, 7) is 7.11. The molecule has 20 heavy (non-hydrogen) atoms. The number of benzene rings is 1. The van der Waals surface area contributed by atoms with E-state index in [0.717, 1.165) is 24.5 Å². The van der Waals surface area contributed by atoms with Gasteiger partial charge in [-0.3, -0.25) is 0 Å². The Morgan fingerprint density at radius 1 is 1.20 bits per heavy atom. The molecule has 0 amide bonds. The minimum absolute atomic E-state index is 0.188. The number of furan rings is 1. The third-order valence-corrected chi connectivity index (χ3v) is 3.07. The first-order chi connectivity index (χ1) is 9.69. The fraction of sp³-hybridized carbons (Fsp3) is 0.412. The number of hydrogen-bond acceptors (Lipinski definition) is 3. The van der Waals surface area contributed by atoms with Crippen molar-refractivity contribution >= 4 is 0 Å². The maximum atomic E-state index is 5.77. The second kappa shape index (κ2) is 7.15. The van der Waals surface area contributed by atoms with E-state index in [-0.39, 0.29) is 12.1 Å². The van der Waals surface area contributed by atoms with Gasteiger partial charge in [-0.25, -0.2) is 0 Å². The van der Waals surface area contributed by atoms with E-state index >= 15 is 0 Å². The summed E-state index contributed by atoms with van der Waals surface area (Å²) in [4.78, 5) is 0. The summed E-state index contributed by atoms with van der Waals surface area (Å²) >= 11 is 0. The van der Waals surface area contributed by atoms with E-state index in [0.29, 0.717) is 0 Å². The van der Waals surface area contributed by atoms with Crippen LogP contribution in [0.2, 0.25) is 0 Å². The highest BCUT2D eigenvalue weighted by molar-refractivity contribution is 5.31. The van der Waals surface area contributed by atoms with Crippen LogP contribution in [0.15, 0.2) is 47.1 Å². The third kappa shape index (κ3) is 4.14. The molecule has 1 N–H and O–H groups in total. The average molecular weight is 273 g/mol. The Morgan fingerprint density at radius 2 is 2.05 bits per heavy atom. The maximum Gasteiger partial charge on any atom is 0.120 e. The van der Waals surface area contributed by atoms with E-state index in [1.807, 2.05) is 38.1 Å². The molecule has 1 heterocycles. The summed E-state index contributed by atoms with van der Waals surface area (Å²) in [5.74, 6) is 1.91. The van der Waals surface area contributed by atoms with Gasteiger partial charge in [0, 0.05) is 12.5 Å². The Hall–Kier alpha value is -1.74. The highest BCUT2D eigenvalue weighted by Crippen LogP contribution is 2.23. The lowest BCUT2D eigenvalue weighted by Crippen LogP contribution is -2.22. The van der Waals surface area contributed by atoms with Crippen molar-refractivity contribution in [1.29, 1.82) is 0 Å². The van der Waals surface area contributed by atoms with Gasteiger partial charge in [0.15, 0.2) is 0 Å². The fourth-order valence-corrected chi connectivity index (χ4v) is 2.26. The van der Waals surface area contributed by atoms with Crippen LogP contribution in [0.25, 0.3) is 0 Å². The molecule has 2 aromatic rings. The highest BCUT2D eigenvalue weighted by atomic mass is 16.5. The monoisotopic (exact) mass is 273 g/mol. The van der Waals surface area contributed by atoms with Gasteiger partial charge in [-0.15, -0.1) is 0 Å². The minimum atomic E-state index is 0.188. The van der Waals surface area contributed by atoms with Gasteiger partial charge in [0.1, 0.15) is 11.5 Å². The summed E-state index contributed by atoms with van der Waals surface area (Å²) in [5, 5.41) is 3.50. The molecule has 3 heteroatoms. The molecule has 0 radical (unpaired) electrons. The standard InChI is InChI=1S/C17H23NO2/c1-4-18-17(12-15-9-6-10-19-15)14-7-5-8-16(11-14)20-13(2)3/h5-11,13,17-18H,4,12H2,1-3H3. The number of rotatable bonds is 7. The molecule has 1 unspecified atom stereocenters. The molecule has 2 rings (SSSR count). The van der Waals surface area contributed by atoms with Crippen LogP contribution in [0.4, 0.5) is 0 Å². The molecule has 0 spiro atoms. The molecule has 3 nitrogen and oxygen atoms in total. The van der Waals surface area contributed by atoms with Crippen LogP contribution in [-0.2, 0) is 6.42 Å². The summed E-state index contributed by atoms with van der Waals surface area (Å²) in [6, 6.07) is 12.5. The summed E-state index contributed by atoms with van der Waals surface area (Å²) < 4.78 is 11.2. The van der Waals surface area contributed by atoms with Crippen molar-refractivity contribution in [3.05, 3.63) is 54.0 Å². The van der Waals surface area contributed by atoms with Crippen LogP contribution < -0.4 is 10.1 Å². The summed E-state index contributed by atoms with van der Waals surface area (Å²) in [6.07, 6.45) is 2.75. The van der Waals surface area contributed by atoms with Gasteiger partial charge in [-0.1, -0.05) is 19.1 Å². The number of likely N-dealkylation sites (N-methyl/N-ethyl adjacent to an activating group) is 1. The molecule has 0 saturated heterocycles. The van der Waals surface area contributed by atoms with Crippen molar-refractivity contribution < 1.29 is 9.15 Å². The SMILES string of the molecule is CCNC(Cc1ccco1)c1cccc(OC(C)C)c1. The topological polar surface area (TPSA) is 34.4 Å². The fourth-order valence-electron chi connectivity index (χ4n) is 2.26. The number of hydrogen-bond donors (Lipinski definition) is 1. The smallest absolute Gasteiger partial charge is 0.120 e. The van der Waals surface area contributed by atoms with E-state index < -0.39 is 0 Å². The van der Waals surface area contributed by atoms with Gasteiger partial charge in [-0.05, 0) is 50.2 Å². The molecule has 0 saturated carbocycles. The first kappa shape index (κ1) is 14.7. The Labute approximate surface area is 121 Å². The second-order valence-corrected chi connectivity index (χ2v) is 5.13. The zero-order valence-electron chi connectivity index (χ0n) is 12.4. The zero-order valence-corrected chi connectivity index (χ0v) is 12.4. The van der Waals surface area contributed by atoms with Crippen molar-refractivity contribution in [2.24, 2.45) is 0 Å². The van der Waals surface area contributed by atoms with Crippen molar-refractivity contribution in [1.82, 2.24) is 5.32 Å². The van der Waals surface area contributed by atoms with Gasteiger partial charge >= 0.3 is 0 Å². The molecule has 1 aromatic carbocycles. The van der Waals surface area contributed by atoms with Crippen LogP contribution in [0.1, 0.15) is 38.1 Å². The Balaban J connectivity index is 2.15. The maximum absolute atomic E-state index is 5.77. The number of nitrogens with one attached hydrogen (secondary N) is 1. The van der Waals surface area contributed by atoms with Crippen LogP contribution in [-0.4, -0.2) is 12.6 Å². The van der Waals surface area contributed by atoms with Gasteiger partial charge in [0.25, 0.3) is 0 Å². The molecule has 0 bridgehead atoms. The van der Waals surface area contributed by atoms with Crippen molar-refractivity contribution in [2.75, 3.05) is 6.54 Å². The van der Waals surface area contributed by atoms with E-state index in [2.05, 4.69) is 24.4 Å². The third-order valence-electron chi connectivity index (χ3n) is 3.07. The van der Waals surface area contributed by atoms with Crippen LogP contribution in [0, 0.1) is 0 Å².